The Labute approximate surface area is 193 Å². The molecule has 0 saturated heterocycles. The SMILES string of the molecule is CC(C)(C)c1ccc(CNc2cccc3c2cc(C(=O)O)n3Cc2cccc(Cl)c2)cc1. The second-order valence-electron chi connectivity index (χ2n) is 9.09. The number of carboxylic acid groups (broad SMARTS) is 1. The zero-order chi connectivity index (χ0) is 22.9. The van der Waals surface area contributed by atoms with Crippen LogP contribution in [0.1, 0.15) is 48.0 Å². The minimum Gasteiger partial charge on any atom is -0.477 e. The van der Waals surface area contributed by atoms with Crippen LogP contribution >= 0.6 is 11.6 Å². The molecule has 0 radical (unpaired) electrons. The normalized spacial score (nSPS) is 11.6. The highest BCUT2D eigenvalue weighted by Gasteiger charge is 2.17. The Morgan fingerprint density at radius 2 is 1.69 bits per heavy atom. The number of nitrogens with one attached hydrogen (secondary N) is 1. The lowest BCUT2D eigenvalue weighted by molar-refractivity contribution is 0.0686. The van der Waals surface area contributed by atoms with Gasteiger partial charge in [0.1, 0.15) is 5.69 Å². The van der Waals surface area contributed by atoms with Gasteiger partial charge in [0.05, 0.1) is 5.52 Å². The van der Waals surface area contributed by atoms with Crippen LogP contribution in [0.15, 0.2) is 72.8 Å². The van der Waals surface area contributed by atoms with Crippen molar-refractivity contribution in [2.24, 2.45) is 0 Å². The molecule has 5 heteroatoms. The highest BCUT2D eigenvalue weighted by molar-refractivity contribution is 6.30. The van der Waals surface area contributed by atoms with Gasteiger partial charge >= 0.3 is 5.97 Å². The van der Waals surface area contributed by atoms with Crippen LogP contribution in [0.4, 0.5) is 5.69 Å². The molecule has 0 amide bonds. The third kappa shape index (κ3) is 4.66. The number of nitrogens with zero attached hydrogens (tertiary/aromatic N) is 1. The standard InChI is InChI=1S/C27H27ClN2O2/c1-27(2,3)20-12-10-18(11-13-20)16-29-23-8-5-9-24-22(23)15-25(26(31)32)30(24)17-19-6-4-7-21(28)14-19/h4-15,29H,16-17H2,1-3H3,(H,31,32). The predicted molar refractivity (Wildman–Crippen MR) is 132 cm³/mol. The summed E-state index contributed by atoms with van der Waals surface area (Å²) < 4.78 is 1.83. The van der Waals surface area contributed by atoms with Crippen molar-refractivity contribution < 1.29 is 9.90 Å². The Kier molecular flexibility index (Phi) is 5.98. The van der Waals surface area contributed by atoms with E-state index in [1.807, 2.05) is 47.0 Å². The quantitative estimate of drug-likeness (QED) is 0.337. The van der Waals surface area contributed by atoms with Crippen molar-refractivity contribution in [3.05, 3.63) is 100 Å². The lowest BCUT2D eigenvalue weighted by Gasteiger charge is -2.19. The summed E-state index contributed by atoms with van der Waals surface area (Å²) in [6, 6.07) is 23.8. The Morgan fingerprint density at radius 3 is 2.34 bits per heavy atom. The molecule has 32 heavy (non-hydrogen) atoms. The van der Waals surface area contributed by atoms with Gasteiger partial charge in [-0.25, -0.2) is 4.79 Å². The van der Waals surface area contributed by atoms with Crippen molar-refractivity contribution in [3.8, 4) is 0 Å². The van der Waals surface area contributed by atoms with E-state index in [1.165, 1.54) is 11.1 Å². The van der Waals surface area contributed by atoms with Crippen LogP contribution in [-0.2, 0) is 18.5 Å². The highest BCUT2D eigenvalue weighted by Crippen LogP contribution is 2.29. The number of carboxylic acids is 1. The monoisotopic (exact) mass is 446 g/mol. The van der Waals surface area contributed by atoms with Crippen LogP contribution in [0.2, 0.25) is 5.02 Å². The number of hydrogen-bond donors (Lipinski definition) is 2. The van der Waals surface area contributed by atoms with Gasteiger partial charge in [-0.3, -0.25) is 0 Å². The third-order valence-corrected chi connectivity index (χ3v) is 5.93. The summed E-state index contributed by atoms with van der Waals surface area (Å²) in [6.07, 6.45) is 0. The van der Waals surface area contributed by atoms with E-state index >= 15 is 0 Å². The van der Waals surface area contributed by atoms with Crippen LogP contribution in [0.5, 0.6) is 0 Å². The average Bonchev–Trinajstić information content (AvgIpc) is 3.11. The van der Waals surface area contributed by atoms with Crippen LogP contribution in [-0.4, -0.2) is 15.6 Å². The summed E-state index contributed by atoms with van der Waals surface area (Å²) in [6.45, 7) is 7.70. The fourth-order valence-corrected chi connectivity index (χ4v) is 4.14. The number of halogens is 1. The fraction of sp³-hybridized carbons (Fsp3) is 0.222. The molecule has 2 N–H and O–H groups in total. The Hall–Kier alpha value is -3.24. The third-order valence-electron chi connectivity index (χ3n) is 5.70. The number of aromatic carboxylic acids is 1. The number of fused-ring (bicyclic) bond motifs is 1. The van der Waals surface area contributed by atoms with Gasteiger partial charge in [0.15, 0.2) is 0 Å². The maximum absolute atomic E-state index is 12.0. The van der Waals surface area contributed by atoms with Crippen molar-refractivity contribution in [3.63, 3.8) is 0 Å². The summed E-state index contributed by atoms with van der Waals surface area (Å²) >= 11 is 6.13. The lowest BCUT2D eigenvalue weighted by atomic mass is 9.87. The zero-order valence-electron chi connectivity index (χ0n) is 18.5. The summed E-state index contributed by atoms with van der Waals surface area (Å²) in [5, 5.41) is 14.8. The second kappa shape index (κ2) is 8.71. The number of hydrogen-bond acceptors (Lipinski definition) is 2. The fourth-order valence-electron chi connectivity index (χ4n) is 3.92. The molecule has 4 rings (SSSR count). The molecule has 3 aromatic carbocycles. The molecule has 4 nitrogen and oxygen atoms in total. The Balaban J connectivity index is 1.64. The van der Waals surface area contributed by atoms with Gasteiger partial charge in [0, 0.05) is 29.2 Å². The first kappa shape index (κ1) is 22.0. The van der Waals surface area contributed by atoms with E-state index in [2.05, 4.69) is 50.4 Å². The molecule has 0 fully saturated rings. The molecule has 0 aliphatic heterocycles. The van der Waals surface area contributed by atoms with Crippen LogP contribution in [0, 0.1) is 0 Å². The first-order valence-electron chi connectivity index (χ1n) is 10.7. The summed E-state index contributed by atoms with van der Waals surface area (Å²) in [5.74, 6) is -0.952. The van der Waals surface area contributed by atoms with Crippen molar-refractivity contribution in [1.82, 2.24) is 4.57 Å². The van der Waals surface area contributed by atoms with E-state index in [-0.39, 0.29) is 11.1 Å². The maximum atomic E-state index is 12.0. The number of aromatic nitrogens is 1. The molecule has 0 spiro atoms. The predicted octanol–water partition coefficient (Wildman–Crippen LogP) is 6.95. The maximum Gasteiger partial charge on any atom is 0.352 e. The smallest absolute Gasteiger partial charge is 0.352 e. The Bertz CT molecular complexity index is 1270. The highest BCUT2D eigenvalue weighted by atomic mass is 35.5. The van der Waals surface area contributed by atoms with Crippen molar-refractivity contribution in [2.45, 2.75) is 39.3 Å². The molecule has 0 aliphatic carbocycles. The van der Waals surface area contributed by atoms with Crippen LogP contribution in [0.3, 0.4) is 0 Å². The number of benzene rings is 3. The van der Waals surface area contributed by atoms with E-state index < -0.39 is 5.97 Å². The molecule has 1 aromatic heterocycles. The van der Waals surface area contributed by atoms with Gasteiger partial charge in [-0.15, -0.1) is 0 Å². The van der Waals surface area contributed by atoms with E-state index in [0.717, 1.165) is 22.2 Å². The van der Waals surface area contributed by atoms with Crippen molar-refractivity contribution in [1.29, 1.82) is 0 Å². The number of anilines is 1. The number of carbonyl (C=O) groups is 1. The minimum atomic E-state index is -0.952. The number of rotatable bonds is 6. The summed E-state index contributed by atoms with van der Waals surface area (Å²) in [4.78, 5) is 12.0. The molecule has 0 saturated carbocycles. The van der Waals surface area contributed by atoms with Crippen LogP contribution in [0.25, 0.3) is 10.9 Å². The molecule has 0 aliphatic rings. The molecule has 0 unspecified atom stereocenters. The molecule has 1 heterocycles. The van der Waals surface area contributed by atoms with Gasteiger partial charge < -0.3 is 15.0 Å². The largest absolute Gasteiger partial charge is 0.477 e. The summed E-state index contributed by atoms with van der Waals surface area (Å²) in [7, 11) is 0. The lowest BCUT2D eigenvalue weighted by Crippen LogP contribution is -2.11. The summed E-state index contributed by atoms with van der Waals surface area (Å²) in [5.41, 5.74) is 5.58. The minimum absolute atomic E-state index is 0.122. The van der Waals surface area contributed by atoms with Crippen LogP contribution < -0.4 is 5.32 Å². The topological polar surface area (TPSA) is 54.3 Å². The first-order valence-corrected chi connectivity index (χ1v) is 11.0. The first-order chi connectivity index (χ1) is 15.2. The van der Waals surface area contributed by atoms with Gasteiger partial charge in [0.2, 0.25) is 0 Å². The van der Waals surface area contributed by atoms with E-state index in [1.54, 1.807) is 6.07 Å². The molecule has 164 valence electrons. The molecular formula is C27H27ClN2O2. The van der Waals surface area contributed by atoms with Crippen molar-refractivity contribution >= 4 is 34.2 Å². The molecular weight excluding hydrogens is 420 g/mol. The van der Waals surface area contributed by atoms with Gasteiger partial charge in [-0.2, -0.15) is 0 Å². The van der Waals surface area contributed by atoms with E-state index in [9.17, 15) is 9.90 Å². The van der Waals surface area contributed by atoms with E-state index in [4.69, 9.17) is 11.6 Å². The Morgan fingerprint density at radius 1 is 0.969 bits per heavy atom. The van der Waals surface area contributed by atoms with Crippen molar-refractivity contribution in [2.75, 3.05) is 5.32 Å². The van der Waals surface area contributed by atoms with E-state index in [0.29, 0.717) is 18.1 Å². The molecule has 0 bridgehead atoms. The second-order valence-corrected chi connectivity index (χ2v) is 9.53. The molecule has 4 aromatic rings. The van der Waals surface area contributed by atoms with Gasteiger partial charge in [0.25, 0.3) is 0 Å². The van der Waals surface area contributed by atoms with Gasteiger partial charge in [-0.05, 0) is 52.4 Å². The average molecular weight is 447 g/mol. The van der Waals surface area contributed by atoms with Gasteiger partial charge in [-0.1, -0.05) is 74.8 Å². The molecule has 0 atom stereocenters. The zero-order valence-corrected chi connectivity index (χ0v) is 19.3.